The molecule has 2 saturated heterocycles. The quantitative estimate of drug-likeness (QED) is 0.205. The number of phenolic OH excluding ortho intramolecular Hbond substituents is 1. The summed E-state index contributed by atoms with van der Waals surface area (Å²) in [6.45, 7) is 5.47. The van der Waals surface area contributed by atoms with Crippen molar-refractivity contribution in [2.24, 2.45) is 23.7 Å². The number of benzene rings is 3. The van der Waals surface area contributed by atoms with Gasteiger partial charge < -0.3 is 19.3 Å². The van der Waals surface area contributed by atoms with Crippen molar-refractivity contribution in [1.82, 2.24) is 9.91 Å². The first kappa shape index (κ1) is 35.7. The van der Waals surface area contributed by atoms with Crippen LogP contribution < -0.4 is 19.6 Å². The second-order valence-corrected chi connectivity index (χ2v) is 15.5. The fraction of sp³-hybridized carbons (Fsp3) is 0.385. The second-order valence-electron chi connectivity index (χ2n) is 14.7. The number of carbonyl (C=O) groups excluding carboxylic acids is 4. The number of nitrogens with zero attached hydrogens (tertiary/aromatic N) is 2. The second kappa shape index (κ2) is 12.7. The molecule has 2 heterocycles. The monoisotopic (exact) mass is 747 g/mol. The molecule has 4 amide bonds. The lowest BCUT2D eigenvalue weighted by molar-refractivity contribution is -0.146. The van der Waals surface area contributed by atoms with Gasteiger partial charge in [0, 0.05) is 34.2 Å². The molecule has 0 bridgehead atoms. The number of ether oxygens (including phenoxy) is 3. The van der Waals surface area contributed by atoms with Gasteiger partial charge in [-0.2, -0.15) is 5.01 Å². The zero-order valence-electron chi connectivity index (χ0n) is 29.5. The Morgan fingerprint density at radius 1 is 0.846 bits per heavy atom. The van der Waals surface area contributed by atoms with E-state index in [2.05, 4.69) is 5.43 Å². The zero-order valence-corrected chi connectivity index (χ0v) is 31.0. The fourth-order valence-corrected chi connectivity index (χ4v) is 9.48. The van der Waals surface area contributed by atoms with Crippen molar-refractivity contribution < 1.29 is 38.5 Å². The van der Waals surface area contributed by atoms with Crippen molar-refractivity contribution >= 4 is 52.5 Å². The molecule has 0 spiro atoms. The van der Waals surface area contributed by atoms with Crippen LogP contribution in [0.4, 0.5) is 5.69 Å². The van der Waals surface area contributed by atoms with E-state index in [0.717, 1.165) is 5.01 Å². The maximum atomic E-state index is 15.5. The molecule has 4 aliphatic rings. The first-order valence-corrected chi connectivity index (χ1v) is 17.7. The third-order valence-corrected chi connectivity index (χ3v) is 11.6. The summed E-state index contributed by atoms with van der Waals surface area (Å²) >= 11 is 12.7. The number of methoxy groups -OCH3 is 3. The van der Waals surface area contributed by atoms with Crippen LogP contribution in [0.2, 0.25) is 10.0 Å². The van der Waals surface area contributed by atoms with E-state index in [1.807, 2.05) is 26.8 Å². The molecular formula is C39H39Cl2N3O8. The SMILES string of the molecule is COc1ccc(C23C(=O)N(Nc4ccc(Cl)cc4Cl)C(=O)C2CC2C(=CCC4C(=O)N(C(C)(C)C)C(=O)C42)C3c2c(OC)cc(O)cc2OC)cc1. The smallest absolute Gasteiger partial charge is 0.260 e. The van der Waals surface area contributed by atoms with Gasteiger partial charge in [0.15, 0.2) is 0 Å². The molecule has 3 aromatic carbocycles. The number of carbonyl (C=O) groups is 4. The van der Waals surface area contributed by atoms with Gasteiger partial charge in [-0.1, -0.05) is 47.0 Å². The van der Waals surface area contributed by atoms with E-state index >= 15 is 4.79 Å². The zero-order chi connectivity index (χ0) is 37.4. The Bertz CT molecular complexity index is 2020. The van der Waals surface area contributed by atoms with Gasteiger partial charge in [-0.15, -0.1) is 0 Å². The third kappa shape index (κ3) is 5.15. The van der Waals surface area contributed by atoms with Crippen molar-refractivity contribution in [2.45, 2.75) is 50.5 Å². The summed E-state index contributed by atoms with van der Waals surface area (Å²) in [4.78, 5) is 60.1. The number of halogens is 2. The molecule has 6 atom stereocenters. The fourth-order valence-electron chi connectivity index (χ4n) is 9.03. The van der Waals surface area contributed by atoms with Crippen LogP contribution in [0.25, 0.3) is 0 Å². The predicted molar refractivity (Wildman–Crippen MR) is 193 cm³/mol. The first-order chi connectivity index (χ1) is 24.7. The van der Waals surface area contributed by atoms with E-state index in [9.17, 15) is 19.5 Å². The standard InChI is InChI=1S/C39H39Cl2N3O8/c1-38(2,3)43-34(46)24-13-12-23-25(31(24)36(43)48)18-26-35(47)44(42-28-14-9-20(40)15-27(28)41)37(49)39(26,19-7-10-22(50-4)11-8-19)33(23)32-29(51-5)16-21(45)17-30(32)52-6/h7-12,14-17,24-26,31,33,42,45H,13,18H2,1-6H3. The highest BCUT2D eigenvalue weighted by Crippen LogP contribution is 2.66. The third-order valence-electron chi connectivity index (χ3n) is 11.1. The summed E-state index contributed by atoms with van der Waals surface area (Å²) in [6, 6.07) is 14.5. The number of aromatic hydroxyl groups is 1. The van der Waals surface area contributed by atoms with E-state index in [0.29, 0.717) is 27.5 Å². The highest BCUT2D eigenvalue weighted by molar-refractivity contribution is 6.36. The van der Waals surface area contributed by atoms with Crippen LogP contribution in [-0.4, -0.2) is 65.5 Å². The Kier molecular flexibility index (Phi) is 8.73. The lowest BCUT2D eigenvalue weighted by atomic mass is 9.49. The molecule has 0 radical (unpaired) electrons. The number of hydrazine groups is 1. The predicted octanol–water partition coefficient (Wildman–Crippen LogP) is 6.51. The molecule has 6 unspecified atom stereocenters. The molecule has 1 saturated carbocycles. The highest BCUT2D eigenvalue weighted by Gasteiger charge is 2.71. The van der Waals surface area contributed by atoms with E-state index in [1.165, 1.54) is 44.4 Å². The van der Waals surface area contributed by atoms with Gasteiger partial charge in [0.1, 0.15) is 23.0 Å². The van der Waals surface area contributed by atoms with Crippen molar-refractivity contribution in [1.29, 1.82) is 0 Å². The largest absolute Gasteiger partial charge is 0.508 e. The highest BCUT2D eigenvalue weighted by atomic mass is 35.5. The first-order valence-electron chi connectivity index (χ1n) is 17.0. The van der Waals surface area contributed by atoms with Gasteiger partial charge in [-0.3, -0.25) is 29.5 Å². The number of likely N-dealkylation sites (tertiary alicyclic amines) is 1. The van der Waals surface area contributed by atoms with Gasteiger partial charge in [-0.05, 0) is 75.4 Å². The van der Waals surface area contributed by atoms with E-state index in [4.69, 9.17) is 37.4 Å². The molecule has 2 N–H and O–H groups in total. The molecule has 2 aliphatic carbocycles. The number of nitrogens with one attached hydrogen (secondary N) is 1. The summed E-state index contributed by atoms with van der Waals surface area (Å²) in [5.41, 5.74) is 2.49. The minimum absolute atomic E-state index is 0.0896. The van der Waals surface area contributed by atoms with Crippen molar-refractivity contribution in [2.75, 3.05) is 26.8 Å². The molecule has 2 aliphatic heterocycles. The summed E-state index contributed by atoms with van der Waals surface area (Å²) in [5, 5.41) is 12.3. The normalized spacial score (nSPS) is 26.8. The Labute approximate surface area is 311 Å². The number of imide groups is 2. The van der Waals surface area contributed by atoms with Crippen molar-refractivity contribution in [3.63, 3.8) is 0 Å². The number of anilines is 1. The number of hydrogen-bond donors (Lipinski definition) is 2. The minimum Gasteiger partial charge on any atom is -0.508 e. The van der Waals surface area contributed by atoms with E-state index < -0.39 is 52.4 Å². The molecule has 7 rings (SSSR count). The summed E-state index contributed by atoms with van der Waals surface area (Å²) < 4.78 is 17.3. The molecule has 11 nitrogen and oxygen atoms in total. The maximum Gasteiger partial charge on any atom is 0.260 e. The number of fused-ring (bicyclic) bond motifs is 4. The molecule has 3 aromatic rings. The van der Waals surface area contributed by atoms with Crippen LogP contribution in [0.5, 0.6) is 23.0 Å². The van der Waals surface area contributed by atoms with Crippen LogP contribution in [-0.2, 0) is 24.6 Å². The Morgan fingerprint density at radius 2 is 1.50 bits per heavy atom. The van der Waals surface area contributed by atoms with Crippen LogP contribution in [0.3, 0.4) is 0 Å². The average Bonchev–Trinajstić information content (AvgIpc) is 3.50. The number of phenols is 1. The topological polar surface area (TPSA) is 135 Å². The summed E-state index contributed by atoms with van der Waals surface area (Å²) in [7, 11) is 4.42. The molecule has 52 heavy (non-hydrogen) atoms. The van der Waals surface area contributed by atoms with Gasteiger partial charge in [0.2, 0.25) is 11.8 Å². The lowest BCUT2D eigenvalue weighted by Crippen LogP contribution is -2.53. The van der Waals surface area contributed by atoms with Gasteiger partial charge >= 0.3 is 0 Å². The van der Waals surface area contributed by atoms with Crippen molar-refractivity contribution in [3.05, 3.63) is 87.4 Å². The number of amides is 4. The van der Waals surface area contributed by atoms with Crippen LogP contribution >= 0.6 is 23.2 Å². The van der Waals surface area contributed by atoms with Crippen LogP contribution in [0.15, 0.2) is 66.2 Å². The Balaban J connectivity index is 1.52. The number of allylic oxidation sites excluding steroid dienone is 2. The maximum absolute atomic E-state index is 15.5. The molecular weight excluding hydrogens is 709 g/mol. The number of hydrogen-bond acceptors (Lipinski definition) is 9. The van der Waals surface area contributed by atoms with Crippen LogP contribution in [0, 0.1) is 23.7 Å². The van der Waals surface area contributed by atoms with Gasteiger partial charge in [-0.25, -0.2) is 0 Å². The van der Waals surface area contributed by atoms with Gasteiger partial charge in [0.05, 0.1) is 55.2 Å². The van der Waals surface area contributed by atoms with E-state index in [1.54, 1.807) is 36.4 Å². The molecule has 3 fully saturated rings. The van der Waals surface area contributed by atoms with Gasteiger partial charge in [0.25, 0.3) is 11.8 Å². The molecule has 13 heteroatoms. The Morgan fingerprint density at radius 3 is 2.08 bits per heavy atom. The van der Waals surface area contributed by atoms with Crippen molar-refractivity contribution in [3.8, 4) is 23.0 Å². The number of rotatable bonds is 7. The van der Waals surface area contributed by atoms with E-state index in [-0.39, 0.29) is 52.6 Å². The molecule has 0 aromatic heterocycles. The summed E-state index contributed by atoms with van der Waals surface area (Å²) in [5.74, 6) is -4.87. The van der Waals surface area contributed by atoms with Crippen LogP contribution in [0.1, 0.15) is 50.7 Å². The summed E-state index contributed by atoms with van der Waals surface area (Å²) in [6.07, 6.45) is 2.29. The molecule has 272 valence electrons. The average molecular weight is 749 g/mol. The lowest BCUT2D eigenvalue weighted by Gasteiger charge is -2.51. The minimum atomic E-state index is -1.64. The Hall–Kier alpha value is -4.74.